The maximum absolute atomic E-state index is 5.71. The average Bonchev–Trinajstić information content (AvgIpc) is 2.34. The van der Waals surface area contributed by atoms with Crippen molar-refractivity contribution in [3.63, 3.8) is 0 Å². The Balaban J connectivity index is 2.05. The number of nitrogens with zero attached hydrogens (tertiary/aromatic N) is 1. The minimum atomic E-state index is 0.234. The van der Waals surface area contributed by atoms with E-state index in [1.165, 1.54) is 11.3 Å². The zero-order chi connectivity index (χ0) is 11.4. The number of nitrogens with one attached hydrogen (secondary N) is 1. The standard InChI is InChI=1S/C11H21N3OS/c1-14-4-6-16-8-10(14)11(13-12)9-3-2-5-15-7-9/h7,10-11,13H,2-6,8,12H2,1H3. The quantitative estimate of drug-likeness (QED) is 0.560. The second-order valence-corrected chi connectivity index (χ2v) is 5.58. The predicted molar refractivity (Wildman–Crippen MR) is 68.1 cm³/mol. The van der Waals surface area contributed by atoms with Gasteiger partial charge < -0.3 is 4.74 Å². The summed E-state index contributed by atoms with van der Waals surface area (Å²) in [5.74, 6) is 8.08. The molecule has 3 N–H and O–H groups in total. The molecule has 92 valence electrons. The van der Waals surface area contributed by atoms with E-state index in [2.05, 4.69) is 17.4 Å². The molecule has 0 spiro atoms. The zero-order valence-corrected chi connectivity index (χ0v) is 10.6. The summed E-state index contributed by atoms with van der Waals surface area (Å²) in [5, 5.41) is 0. The average molecular weight is 243 g/mol. The minimum absolute atomic E-state index is 0.234. The van der Waals surface area contributed by atoms with Gasteiger partial charge in [0.2, 0.25) is 0 Å². The Morgan fingerprint density at radius 1 is 1.69 bits per heavy atom. The van der Waals surface area contributed by atoms with Crippen molar-refractivity contribution in [1.82, 2.24) is 10.3 Å². The summed E-state index contributed by atoms with van der Waals surface area (Å²) < 4.78 is 5.41. The normalized spacial score (nSPS) is 29.4. The van der Waals surface area contributed by atoms with Crippen LogP contribution in [0.5, 0.6) is 0 Å². The SMILES string of the molecule is CN1CCSCC1C(NN)C1=COCCC1. The van der Waals surface area contributed by atoms with E-state index >= 15 is 0 Å². The highest BCUT2D eigenvalue weighted by Gasteiger charge is 2.30. The Morgan fingerprint density at radius 3 is 3.19 bits per heavy atom. The van der Waals surface area contributed by atoms with Crippen LogP contribution in [0.15, 0.2) is 11.8 Å². The van der Waals surface area contributed by atoms with Crippen LogP contribution in [0.25, 0.3) is 0 Å². The van der Waals surface area contributed by atoms with Gasteiger partial charge in [0.05, 0.1) is 18.9 Å². The van der Waals surface area contributed by atoms with Crippen molar-refractivity contribution in [1.29, 1.82) is 0 Å². The van der Waals surface area contributed by atoms with E-state index in [-0.39, 0.29) is 6.04 Å². The molecule has 0 saturated carbocycles. The van der Waals surface area contributed by atoms with Crippen LogP contribution >= 0.6 is 11.8 Å². The molecule has 0 aromatic heterocycles. The van der Waals surface area contributed by atoms with Gasteiger partial charge in [-0.3, -0.25) is 16.2 Å². The van der Waals surface area contributed by atoms with Crippen LogP contribution in [0.3, 0.4) is 0 Å². The molecule has 0 aromatic rings. The van der Waals surface area contributed by atoms with Gasteiger partial charge in [-0.1, -0.05) is 0 Å². The molecule has 5 heteroatoms. The molecule has 0 amide bonds. The van der Waals surface area contributed by atoms with Crippen molar-refractivity contribution >= 4 is 11.8 Å². The molecule has 0 bridgehead atoms. The summed E-state index contributed by atoms with van der Waals surface area (Å²) in [7, 11) is 2.18. The number of rotatable bonds is 3. The van der Waals surface area contributed by atoms with Crippen LogP contribution in [0, 0.1) is 0 Å². The summed E-state index contributed by atoms with van der Waals surface area (Å²) in [6, 6.07) is 0.717. The molecule has 2 unspecified atom stereocenters. The van der Waals surface area contributed by atoms with Gasteiger partial charge in [0.25, 0.3) is 0 Å². The number of nitrogens with two attached hydrogens (primary N) is 1. The van der Waals surface area contributed by atoms with E-state index < -0.39 is 0 Å². The molecule has 2 heterocycles. The maximum atomic E-state index is 5.71. The Hall–Kier alpha value is -0.230. The fourth-order valence-electron chi connectivity index (χ4n) is 2.33. The summed E-state index contributed by atoms with van der Waals surface area (Å²) in [4.78, 5) is 2.40. The van der Waals surface area contributed by atoms with E-state index in [1.807, 2.05) is 18.0 Å². The molecule has 16 heavy (non-hydrogen) atoms. The van der Waals surface area contributed by atoms with Crippen LogP contribution < -0.4 is 11.3 Å². The molecule has 2 aliphatic rings. The first-order chi connectivity index (χ1) is 7.83. The Kier molecular flexibility index (Phi) is 4.52. The third kappa shape index (κ3) is 2.71. The highest BCUT2D eigenvalue weighted by Crippen LogP contribution is 2.24. The maximum Gasteiger partial charge on any atom is 0.0876 e. The van der Waals surface area contributed by atoms with Crippen molar-refractivity contribution in [3.05, 3.63) is 11.8 Å². The van der Waals surface area contributed by atoms with E-state index in [0.29, 0.717) is 6.04 Å². The van der Waals surface area contributed by atoms with Crippen LogP contribution in [0.1, 0.15) is 12.8 Å². The topological polar surface area (TPSA) is 50.5 Å². The molecule has 0 radical (unpaired) electrons. The smallest absolute Gasteiger partial charge is 0.0876 e. The largest absolute Gasteiger partial charge is 0.501 e. The Bertz CT molecular complexity index is 260. The van der Waals surface area contributed by atoms with Crippen LogP contribution in [0.2, 0.25) is 0 Å². The molecular formula is C11H21N3OS. The molecule has 4 nitrogen and oxygen atoms in total. The van der Waals surface area contributed by atoms with Gasteiger partial charge in [0.1, 0.15) is 0 Å². The van der Waals surface area contributed by atoms with Gasteiger partial charge in [0.15, 0.2) is 0 Å². The molecular weight excluding hydrogens is 222 g/mol. The zero-order valence-electron chi connectivity index (χ0n) is 9.82. The second kappa shape index (κ2) is 5.91. The van der Waals surface area contributed by atoms with Crippen molar-refractivity contribution in [2.45, 2.75) is 24.9 Å². The number of hydrazine groups is 1. The van der Waals surface area contributed by atoms with Gasteiger partial charge in [-0.25, -0.2) is 0 Å². The van der Waals surface area contributed by atoms with Gasteiger partial charge in [-0.15, -0.1) is 0 Å². The Labute approximate surface area is 102 Å². The van der Waals surface area contributed by atoms with Gasteiger partial charge in [-0.2, -0.15) is 11.8 Å². The summed E-state index contributed by atoms with van der Waals surface area (Å²) in [6.07, 6.45) is 4.11. The third-order valence-electron chi connectivity index (χ3n) is 3.37. The van der Waals surface area contributed by atoms with Crippen LogP contribution in [-0.2, 0) is 4.74 Å². The molecule has 0 aliphatic carbocycles. The Morgan fingerprint density at radius 2 is 2.56 bits per heavy atom. The first-order valence-corrected chi connectivity index (χ1v) is 7.03. The molecule has 2 atom stereocenters. The minimum Gasteiger partial charge on any atom is -0.501 e. The number of hydrogen-bond acceptors (Lipinski definition) is 5. The fourth-order valence-corrected chi connectivity index (χ4v) is 3.61. The van der Waals surface area contributed by atoms with Crippen molar-refractivity contribution in [2.75, 3.05) is 31.7 Å². The monoisotopic (exact) mass is 243 g/mol. The highest BCUT2D eigenvalue weighted by atomic mass is 32.2. The van der Waals surface area contributed by atoms with Crippen molar-refractivity contribution < 1.29 is 4.74 Å². The van der Waals surface area contributed by atoms with Crippen molar-refractivity contribution in [3.8, 4) is 0 Å². The molecule has 2 aliphatic heterocycles. The summed E-state index contributed by atoms with van der Waals surface area (Å²) in [6.45, 7) is 1.98. The number of ether oxygens (including phenoxy) is 1. The predicted octanol–water partition coefficient (Wildman–Crippen LogP) is 0.560. The second-order valence-electron chi connectivity index (χ2n) is 4.43. The van der Waals surface area contributed by atoms with Crippen LogP contribution in [0.4, 0.5) is 0 Å². The molecule has 2 rings (SSSR count). The summed E-state index contributed by atoms with van der Waals surface area (Å²) in [5.41, 5.74) is 4.28. The van der Waals surface area contributed by atoms with Gasteiger partial charge >= 0.3 is 0 Å². The molecule has 0 aromatic carbocycles. The highest BCUT2D eigenvalue weighted by molar-refractivity contribution is 7.99. The number of hydrogen-bond donors (Lipinski definition) is 2. The van der Waals surface area contributed by atoms with E-state index in [0.717, 1.165) is 31.7 Å². The first kappa shape index (κ1) is 12.2. The van der Waals surface area contributed by atoms with E-state index in [1.54, 1.807) is 0 Å². The van der Waals surface area contributed by atoms with E-state index in [4.69, 9.17) is 10.6 Å². The van der Waals surface area contributed by atoms with Gasteiger partial charge in [-0.05, 0) is 25.5 Å². The van der Waals surface area contributed by atoms with E-state index in [9.17, 15) is 0 Å². The summed E-state index contributed by atoms with van der Waals surface area (Å²) >= 11 is 2.01. The van der Waals surface area contributed by atoms with Crippen LogP contribution in [-0.4, -0.2) is 48.7 Å². The number of thioether (sulfide) groups is 1. The molecule has 1 saturated heterocycles. The fraction of sp³-hybridized carbons (Fsp3) is 0.818. The van der Waals surface area contributed by atoms with Crippen molar-refractivity contribution in [2.24, 2.45) is 5.84 Å². The lowest BCUT2D eigenvalue weighted by molar-refractivity contribution is 0.194. The number of likely N-dealkylation sites (N-methyl/N-ethyl adjacent to an activating group) is 1. The lowest BCUT2D eigenvalue weighted by Gasteiger charge is -2.38. The first-order valence-electron chi connectivity index (χ1n) is 5.87. The lowest BCUT2D eigenvalue weighted by atomic mass is 9.96. The molecule has 1 fully saturated rings. The lowest BCUT2D eigenvalue weighted by Crippen LogP contribution is -2.55. The third-order valence-corrected chi connectivity index (χ3v) is 4.42. The van der Waals surface area contributed by atoms with Gasteiger partial charge in [0, 0.05) is 24.1 Å².